The summed E-state index contributed by atoms with van der Waals surface area (Å²) in [7, 11) is 4.06. The molecule has 0 aliphatic rings. The van der Waals surface area contributed by atoms with Crippen LogP contribution in [0, 0.1) is 0 Å². The highest BCUT2D eigenvalue weighted by Gasteiger charge is 1.99. The topological polar surface area (TPSA) is 58.4 Å². The third kappa shape index (κ3) is 9.48. The fraction of sp³-hybridized carbons (Fsp3) is 0.900. The molecule has 0 bridgehead atoms. The normalized spacial score (nSPS) is 10.6. The van der Waals surface area contributed by atoms with E-state index in [1.807, 2.05) is 14.1 Å². The maximum Gasteiger partial charge on any atom is 0.219 e. The zero-order valence-corrected chi connectivity index (χ0v) is 9.38. The number of amides is 1. The molecule has 0 rings (SSSR count). The van der Waals surface area contributed by atoms with Gasteiger partial charge in [0.25, 0.3) is 0 Å². The zero-order chi connectivity index (χ0) is 10.8. The van der Waals surface area contributed by atoms with Crippen LogP contribution in [0.5, 0.6) is 0 Å². The number of nitrogens with zero attached hydrogens (tertiary/aromatic N) is 1. The molecule has 0 aromatic heterocycles. The fourth-order valence-electron chi connectivity index (χ4n) is 1.14. The Morgan fingerprint density at radius 1 is 1.29 bits per heavy atom. The molecule has 14 heavy (non-hydrogen) atoms. The summed E-state index contributed by atoms with van der Waals surface area (Å²) in [6, 6.07) is 0. The van der Waals surface area contributed by atoms with E-state index < -0.39 is 0 Å². The summed E-state index contributed by atoms with van der Waals surface area (Å²) in [6.45, 7) is 2.47. The van der Waals surface area contributed by atoms with E-state index in [9.17, 15) is 4.79 Å². The molecule has 0 saturated carbocycles. The maximum absolute atomic E-state index is 11.2. The van der Waals surface area contributed by atoms with E-state index in [4.69, 9.17) is 5.73 Å². The largest absolute Gasteiger partial charge is 0.356 e. The summed E-state index contributed by atoms with van der Waals surface area (Å²) in [5.41, 5.74) is 5.33. The van der Waals surface area contributed by atoms with E-state index in [0.717, 1.165) is 32.4 Å². The van der Waals surface area contributed by atoms with Crippen LogP contribution in [-0.2, 0) is 4.79 Å². The van der Waals surface area contributed by atoms with Crippen molar-refractivity contribution in [3.8, 4) is 0 Å². The molecule has 0 saturated heterocycles. The molecule has 0 fully saturated rings. The summed E-state index contributed by atoms with van der Waals surface area (Å²) in [5.74, 6) is 0.150. The van der Waals surface area contributed by atoms with Crippen LogP contribution in [0.25, 0.3) is 0 Å². The summed E-state index contributed by atoms with van der Waals surface area (Å²) < 4.78 is 0. The lowest BCUT2D eigenvalue weighted by atomic mass is 10.2. The number of nitrogens with two attached hydrogens (primary N) is 1. The first-order valence-electron chi connectivity index (χ1n) is 5.28. The van der Waals surface area contributed by atoms with Gasteiger partial charge in [-0.05, 0) is 46.4 Å². The number of nitrogens with one attached hydrogen (secondary N) is 1. The van der Waals surface area contributed by atoms with E-state index in [1.165, 1.54) is 0 Å². The standard InChI is InChI=1S/C10H23N3O/c1-13(2)9-5-8-12-10(14)6-3-4-7-11/h3-9,11H2,1-2H3,(H,12,14). The number of carbonyl (C=O) groups excluding carboxylic acids is 1. The number of rotatable bonds is 8. The molecule has 4 nitrogen and oxygen atoms in total. The van der Waals surface area contributed by atoms with Crippen molar-refractivity contribution in [3.63, 3.8) is 0 Å². The Kier molecular flexibility index (Phi) is 8.57. The van der Waals surface area contributed by atoms with Gasteiger partial charge in [-0.2, -0.15) is 0 Å². The van der Waals surface area contributed by atoms with Gasteiger partial charge in [0.05, 0.1) is 0 Å². The van der Waals surface area contributed by atoms with Gasteiger partial charge < -0.3 is 16.0 Å². The van der Waals surface area contributed by atoms with Gasteiger partial charge in [0, 0.05) is 13.0 Å². The van der Waals surface area contributed by atoms with E-state index in [1.54, 1.807) is 0 Å². The average molecular weight is 201 g/mol. The number of hydrogen-bond donors (Lipinski definition) is 2. The first kappa shape index (κ1) is 13.4. The molecule has 0 aromatic carbocycles. The Balaban J connectivity index is 3.18. The van der Waals surface area contributed by atoms with Gasteiger partial charge >= 0.3 is 0 Å². The number of hydrogen-bond acceptors (Lipinski definition) is 3. The Labute approximate surface area is 86.8 Å². The molecule has 0 atom stereocenters. The van der Waals surface area contributed by atoms with Crippen molar-refractivity contribution in [2.24, 2.45) is 5.73 Å². The van der Waals surface area contributed by atoms with Crippen LogP contribution in [0.15, 0.2) is 0 Å². The van der Waals surface area contributed by atoms with E-state index in [0.29, 0.717) is 13.0 Å². The van der Waals surface area contributed by atoms with Crippen LogP contribution in [-0.4, -0.2) is 44.5 Å². The molecule has 1 amide bonds. The molecule has 84 valence electrons. The minimum atomic E-state index is 0.150. The summed E-state index contributed by atoms with van der Waals surface area (Å²) in [4.78, 5) is 13.3. The van der Waals surface area contributed by atoms with E-state index >= 15 is 0 Å². The third-order valence-corrected chi connectivity index (χ3v) is 1.96. The molecule has 0 radical (unpaired) electrons. The highest BCUT2D eigenvalue weighted by molar-refractivity contribution is 5.75. The minimum Gasteiger partial charge on any atom is -0.356 e. The Hall–Kier alpha value is -0.610. The Bertz CT molecular complexity index is 148. The number of unbranched alkanes of at least 4 members (excludes halogenated alkanes) is 1. The van der Waals surface area contributed by atoms with Crippen molar-refractivity contribution in [1.82, 2.24) is 10.2 Å². The van der Waals surface area contributed by atoms with Crippen molar-refractivity contribution in [1.29, 1.82) is 0 Å². The van der Waals surface area contributed by atoms with Gasteiger partial charge in [-0.15, -0.1) is 0 Å². The quantitative estimate of drug-likeness (QED) is 0.551. The predicted molar refractivity (Wildman–Crippen MR) is 59.1 cm³/mol. The van der Waals surface area contributed by atoms with Gasteiger partial charge in [0.1, 0.15) is 0 Å². The van der Waals surface area contributed by atoms with Crippen LogP contribution in [0.3, 0.4) is 0 Å². The highest BCUT2D eigenvalue weighted by atomic mass is 16.1. The summed E-state index contributed by atoms with van der Waals surface area (Å²) >= 11 is 0. The first-order valence-corrected chi connectivity index (χ1v) is 5.28. The SMILES string of the molecule is CN(C)CCCNC(=O)CCCCN. The predicted octanol–water partition coefficient (Wildman–Crippen LogP) is 0.183. The first-order chi connectivity index (χ1) is 6.66. The highest BCUT2D eigenvalue weighted by Crippen LogP contribution is 1.92. The summed E-state index contributed by atoms with van der Waals surface area (Å²) in [6.07, 6.45) is 3.45. The molecule has 0 unspecified atom stereocenters. The third-order valence-electron chi connectivity index (χ3n) is 1.96. The molecule has 0 aliphatic carbocycles. The molecular formula is C10H23N3O. The van der Waals surface area contributed by atoms with Crippen LogP contribution < -0.4 is 11.1 Å². The fourth-order valence-corrected chi connectivity index (χ4v) is 1.14. The molecule has 0 spiro atoms. The lowest BCUT2D eigenvalue weighted by Gasteiger charge is -2.09. The molecule has 3 N–H and O–H groups in total. The van der Waals surface area contributed by atoms with Crippen molar-refractivity contribution in [2.75, 3.05) is 33.7 Å². The van der Waals surface area contributed by atoms with Crippen molar-refractivity contribution >= 4 is 5.91 Å². The lowest BCUT2D eigenvalue weighted by molar-refractivity contribution is -0.121. The number of carbonyl (C=O) groups is 1. The van der Waals surface area contributed by atoms with E-state index in [-0.39, 0.29) is 5.91 Å². The summed E-state index contributed by atoms with van der Waals surface area (Å²) in [5, 5.41) is 2.89. The molecular weight excluding hydrogens is 178 g/mol. The van der Waals surface area contributed by atoms with Crippen LogP contribution in [0.4, 0.5) is 0 Å². The minimum absolute atomic E-state index is 0.150. The zero-order valence-electron chi connectivity index (χ0n) is 9.38. The maximum atomic E-state index is 11.2. The van der Waals surface area contributed by atoms with Gasteiger partial charge in [0.2, 0.25) is 5.91 Å². The van der Waals surface area contributed by atoms with Gasteiger partial charge in [-0.3, -0.25) is 4.79 Å². The van der Waals surface area contributed by atoms with Crippen molar-refractivity contribution in [3.05, 3.63) is 0 Å². The molecule has 0 aliphatic heterocycles. The molecule has 0 aromatic rings. The second-order valence-electron chi connectivity index (χ2n) is 3.75. The Morgan fingerprint density at radius 2 is 2.00 bits per heavy atom. The van der Waals surface area contributed by atoms with E-state index in [2.05, 4.69) is 10.2 Å². The van der Waals surface area contributed by atoms with Gasteiger partial charge in [-0.25, -0.2) is 0 Å². The van der Waals surface area contributed by atoms with Gasteiger partial charge in [0.15, 0.2) is 0 Å². The van der Waals surface area contributed by atoms with Gasteiger partial charge in [-0.1, -0.05) is 0 Å². The second kappa shape index (κ2) is 8.97. The smallest absolute Gasteiger partial charge is 0.219 e. The van der Waals surface area contributed by atoms with Crippen molar-refractivity contribution < 1.29 is 4.79 Å². The van der Waals surface area contributed by atoms with Crippen molar-refractivity contribution in [2.45, 2.75) is 25.7 Å². The van der Waals surface area contributed by atoms with Crippen LogP contribution in [0.2, 0.25) is 0 Å². The molecule has 4 heteroatoms. The van der Waals surface area contributed by atoms with Crippen LogP contribution >= 0.6 is 0 Å². The monoisotopic (exact) mass is 201 g/mol. The average Bonchev–Trinajstić information content (AvgIpc) is 2.13. The Morgan fingerprint density at radius 3 is 2.57 bits per heavy atom. The molecule has 0 heterocycles. The second-order valence-corrected chi connectivity index (χ2v) is 3.75. The van der Waals surface area contributed by atoms with Crippen LogP contribution in [0.1, 0.15) is 25.7 Å². The lowest BCUT2D eigenvalue weighted by Crippen LogP contribution is -2.26.